The lowest BCUT2D eigenvalue weighted by atomic mass is 9.96. The number of piperidine rings is 1. The Morgan fingerprint density at radius 1 is 1.08 bits per heavy atom. The summed E-state index contributed by atoms with van der Waals surface area (Å²) < 4.78 is 0. The highest BCUT2D eigenvalue weighted by molar-refractivity contribution is 6.03. The molecule has 0 saturated carbocycles. The number of amides is 2. The van der Waals surface area contributed by atoms with E-state index in [4.69, 9.17) is 5.73 Å². The maximum absolute atomic E-state index is 13.3. The monoisotopic (exact) mass is 491 g/mol. The lowest BCUT2D eigenvalue weighted by Gasteiger charge is -2.40. The Hall–Kier alpha value is -3.42. The second-order valence-electron chi connectivity index (χ2n) is 10.1. The van der Waals surface area contributed by atoms with Crippen LogP contribution in [0.2, 0.25) is 0 Å². The Labute approximate surface area is 213 Å². The van der Waals surface area contributed by atoms with Crippen LogP contribution >= 0.6 is 0 Å². The molecular formula is C28H37N5O3. The first-order valence-electron chi connectivity index (χ1n) is 13.0. The Balaban J connectivity index is 1.45. The zero-order chi connectivity index (χ0) is 25.8. The molecule has 0 aliphatic carbocycles. The summed E-state index contributed by atoms with van der Waals surface area (Å²) in [5.74, 6) is 0.282. The Morgan fingerprint density at radius 3 is 2.39 bits per heavy atom. The highest BCUT2D eigenvalue weighted by Gasteiger charge is 2.42. The van der Waals surface area contributed by atoms with Crippen molar-refractivity contribution in [3.8, 4) is 0 Å². The van der Waals surface area contributed by atoms with Gasteiger partial charge in [-0.05, 0) is 75.8 Å². The van der Waals surface area contributed by atoms with Gasteiger partial charge in [-0.2, -0.15) is 0 Å². The second-order valence-corrected chi connectivity index (χ2v) is 10.1. The van der Waals surface area contributed by atoms with Crippen molar-refractivity contribution in [1.82, 2.24) is 10.3 Å². The van der Waals surface area contributed by atoms with Gasteiger partial charge in [-0.15, -0.1) is 0 Å². The summed E-state index contributed by atoms with van der Waals surface area (Å²) in [5.41, 5.74) is 8.54. The average molecular weight is 492 g/mol. The third-order valence-electron chi connectivity index (χ3n) is 7.46. The number of hydrogen-bond acceptors (Lipinski definition) is 6. The van der Waals surface area contributed by atoms with E-state index >= 15 is 0 Å². The number of pyridine rings is 1. The molecule has 2 aliphatic rings. The van der Waals surface area contributed by atoms with Gasteiger partial charge in [0.15, 0.2) is 5.78 Å². The largest absolute Gasteiger partial charge is 0.384 e. The van der Waals surface area contributed by atoms with Crippen LogP contribution in [-0.4, -0.2) is 47.3 Å². The SMILES string of the molecule is CCCCCNc1cc(C(=O)N[C@H]2C[C@H]3CC[C@@H](C2)N3c2ccc(C(C)=O)cn2)c(C)cc1C(N)=O. The summed E-state index contributed by atoms with van der Waals surface area (Å²) in [6.45, 7) is 6.25. The summed E-state index contributed by atoms with van der Waals surface area (Å²) in [6, 6.07) is 7.92. The van der Waals surface area contributed by atoms with E-state index in [9.17, 15) is 14.4 Å². The number of nitrogens with two attached hydrogens (primary N) is 1. The molecule has 2 aliphatic heterocycles. The smallest absolute Gasteiger partial charge is 0.251 e. The summed E-state index contributed by atoms with van der Waals surface area (Å²) in [4.78, 5) is 43.8. The third-order valence-corrected chi connectivity index (χ3v) is 7.46. The van der Waals surface area contributed by atoms with Crippen LogP contribution in [0.1, 0.15) is 95.4 Å². The van der Waals surface area contributed by atoms with E-state index < -0.39 is 5.91 Å². The topological polar surface area (TPSA) is 117 Å². The van der Waals surface area contributed by atoms with Crippen LogP contribution < -0.4 is 21.3 Å². The van der Waals surface area contributed by atoms with E-state index in [0.717, 1.165) is 62.9 Å². The number of aryl methyl sites for hydroxylation is 1. The van der Waals surface area contributed by atoms with Gasteiger partial charge in [-0.1, -0.05) is 19.8 Å². The maximum Gasteiger partial charge on any atom is 0.251 e. The van der Waals surface area contributed by atoms with Crippen molar-refractivity contribution in [3.05, 3.63) is 52.7 Å². The number of Topliss-reactive ketones (excluding diaryl/α,β-unsaturated/α-hetero) is 1. The van der Waals surface area contributed by atoms with Crippen molar-refractivity contribution in [2.24, 2.45) is 5.73 Å². The molecule has 2 aromatic rings. The number of benzene rings is 1. The molecule has 0 unspecified atom stereocenters. The van der Waals surface area contributed by atoms with Gasteiger partial charge in [0.05, 0.1) is 5.56 Å². The fourth-order valence-electron chi connectivity index (χ4n) is 5.58. The van der Waals surface area contributed by atoms with Crippen LogP contribution in [0, 0.1) is 6.92 Å². The number of ketones is 1. The van der Waals surface area contributed by atoms with Crippen LogP contribution in [-0.2, 0) is 0 Å². The highest BCUT2D eigenvalue weighted by atomic mass is 16.2. The van der Waals surface area contributed by atoms with Crippen molar-refractivity contribution < 1.29 is 14.4 Å². The zero-order valence-corrected chi connectivity index (χ0v) is 21.5. The third kappa shape index (κ3) is 5.53. The number of nitrogens with zero attached hydrogens (tertiary/aromatic N) is 2. The fraction of sp³-hybridized carbons (Fsp3) is 0.500. The molecule has 2 fully saturated rings. The van der Waals surface area contributed by atoms with Crippen LogP contribution in [0.5, 0.6) is 0 Å². The van der Waals surface area contributed by atoms with Gasteiger partial charge in [0, 0.05) is 47.7 Å². The van der Waals surface area contributed by atoms with E-state index in [2.05, 4.69) is 27.4 Å². The summed E-state index contributed by atoms with van der Waals surface area (Å²) in [6.07, 6.45) is 8.64. The molecule has 8 nitrogen and oxygen atoms in total. The van der Waals surface area contributed by atoms with Crippen LogP contribution in [0.15, 0.2) is 30.5 Å². The Morgan fingerprint density at radius 2 is 1.81 bits per heavy atom. The van der Waals surface area contributed by atoms with Crippen LogP contribution in [0.25, 0.3) is 0 Å². The number of primary amides is 1. The predicted octanol–water partition coefficient (Wildman–Crippen LogP) is 4.22. The number of nitrogens with one attached hydrogen (secondary N) is 2. The van der Waals surface area contributed by atoms with Crippen molar-refractivity contribution in [1.29, 1.82) is 0 Å². The first kappa shape index (κ1) is 25.7. The van der Waals surface area contributed by atoms with E-state index in [-0.39, 0.29) is 17.7 Å². The number of carbonyl (C=O) groups is 3. The van der Waals surface area contributed by atoms with E-state index in [1.807, 2.05) is 19.1 Å². The fourth-order valence-corrected chi connectivity index (χ4v) is 5.58. The molecule has 2 amide bonds. The minimum absolute atomic E-state index is 0.0110. The molecule has 36 heavy (non-hydrogen) atoms. The minimum Gasteiger partial charge on any atom is -0.384 e. The molecular weight excluding hydrogens is 454 g/mol. The molecule has 4 rings (SSSR count). The van der Waals surface area contributed by atoms with Gasteiger partial charge in [-0.25, -0.2) is 4.98 Å². The number of fused-ring (bicyclic) bond motifs is 2. The molecule has 4 N–H and O–H groups in total. The van der Waals surface area contributed by atoms with Gasteiger partial charge >= 0.3 is 0 Å². The van der Waals surface area contributed by atoms with Gasteiger partial charge in [0.2, 0.25) is 0 Å². The van der Waals surface area contributed by atoms with Gasteiger partial charge in [-0.3, -0.25) is 14.4 Å². The van der Waals surface area contributed by atoms with Gasteiger partial charge < -0.3 is 21.3 Å². The number of carbonyl (C=O) groups excluding carboxylic acids is 3. The van der Waals surface area contributed by atoms with Crippen molar-refractivity contribution in [3.63, 3.8) is 0 Å². The normalized spacial score (nSPS) is 20.8. The van der Waals surface area contributed by atoms with Crippen molar-refractivity contribution in [2.45, 2.75) is 83.8 Å². The van der Waals surface area contributed by atoms with E-state index in [0.29, 0.717) is 34.5 Å². The molecule has 8 heteroatoms. The summed E-state index contributed by atoms with van der Waals surface area (Å²) in [7, 11) is 0. The van der Waals surface area contributed by atoms with Gasteiger partial charge in [0.25, 0.3) is 11.8 Å². The lowest BCUT2D eigenvalue weighted by Crippen LogP contribution is -2.50. The molecule has 3 heterocycles. The predicted molar refractivity (Wildman–Crippen MR) is 142 cm³/mol. The molecule has 0 spiro atoms. The number of aromatic nitrogens is 1. The minimum atomic E-state index is -0.503. The van der Waals surface area contributed by atoms with Crippen molar-refractivity contribution in [2.75, 3.05) is 16.8 Å². The lowest BCUT2D eigenvalue weighted by molar-refractivity contribution is 0.0924. The molecule has 2 bridgehead atoms. The van der Waals surface area contributed by atoms with Crippen LogP contribution in [0.4, 0.5) is 11.5 Å². The highest BCUT2D eigenvalue weighted by Crippen LogP contribution is 2.38. The van der Waals surface area contributed by atoms with E-state index in [1.165, 1.54) is 0 Å². The first-order chi connectivity index (χ1) is 17.3. The summed E-state index contributed by atoms with van der Waals surface area (Å²) >= 11 is 0. The molecule has 1 aromatic carbocycles. The van der Waals surface area contributed by atoms with Gasteiger partial charge in [0.1, 0.15) is 5.82 Å². The maximum atomic E-state index is 13.3. The standard InChI is InChI=1S/C28H37N5O3/c1-4-5-6-11-30-25-15-23(17(2)12-24(25)27(29)35)28(36)32-20-13-21-8-9-22(14-20)33(21)26-10-7-19(16-31-26)18(3)34/h7,10,12,15-16,20-22,30H,4-6,8-9,11,13-14H2,1-3H3,(H2,29,35)(H,32,36)/t20-,21+,22-. The molecule has 3 atom stereocenters. The second kappa shape index (κ2) is 11.1. The molecule has 1 aromatic heterocycles. The molecule has 192 valence electrons. The quantitative estimate of drug-likeness (QED) is 0.338. The Kier molecular flexibility index (Phi) is 7.91. The first-order valence-corrected chi connectivity index (χ1v) is 13.0. The molecule has 2 saturated heterocycles. The zero-order valence-electron chi connectivity index (χ0n) is 21.5. The average Bonchev–Trinajstić information content (AvgIpc) is 3.12. The van der Waals surface area contributed by atoms with Crippen LogP contribution in [0.3, 0.4) is 0 Å². The van der Waals surface area contributed by atoms with Crippen molar-refractivity contribution >= 4 is 29.1 Å². The number of hydrogen-bond donors (Lipinski definition) is 3. The summed E-state index contributed by atoms with van der Waals surface area (Å²) in [5, 5.41) is 6.55. The number of unbranched alkanes of at least 4 members (excludes halogenated alkanes) is 2. The number of rotatable bonds is 10. The van der Waals surface area contributed by atoms with E-state index in [1.54, 1.807) is 25.3 Å². The molecule has 0 radical (unpaired) electrons. The number of anilines is 2. The Bertz CT molecular complexity index is 1120.